The molecule has 13 heavy (non-hydrogen) atoms. The van der Waals surface area contributed by atoms with Crippen LogP contribution >= 0.6 is 69.3 Å². The summed E-state index contributed by atoms with van der Waals surface area (Å²) in [5, 5.41) is 0. The topological polar surface area (TPSA) is 17.1 Å². The first-order chi connectivity index (χ1) is 6.22. The summed E-state index contributed by atoms with van der Waals surface area (Å²) in [5.41, 5.74) is 0.320. The molecule has 0 spiro atoms. The second-order valence-electron chi connectivity index (χ2n) is 1.60. The third kappa shape index (κ3) is 9.55. The molecule has 0 aromatic carbocycles. The second-order valence-corrected chi connectivity index (χ2v) is 20.7. The molecule has 0 radical (unpaired) electrons. The van der Waals surface area contributed by atoms with Gasteiger partial charge in [-0.25, -0.2) is 0 Å². The fourth-order valence-electron chi connectivity index (χ4n) is 0.306. The number of hydrogen-bond donors (Lipinski definition) is 0. The van der Waals surface area contributed by atoms with E-state index in [9.17, 15) is 4.79 Å². The first-order valence-electron chi connectivity index (χ1n) is 3.15. The summed E-state index contributed by atoms with van der Waals surface area (Å²) in [4.78, 5) is 11.2. The van der Waals surface area contributed by atoms with Gasteiger partial charge in [0.2, 0.25) is 0 Å². The summed E-state index contributed by atoms with van der Waals surface area (Å²) >= 11 is 0. The third-order valence-electron chi connectivity index (χ3n) is 0.822. The van der Waals surface area contributed by atoms with Crippen molar-refractivity contribution < 1.29 is 4.79 Å². The van der Waals surface area contributed by atoms with Gasteiger partial charge in [0.15, 0.2) is 0 Å². The van der Waals surface area contributed by atoms with Gasteiger partial charge in [-0.15, -0.1) is 0 Å². The van der Waals surface area contributed by atoms with Crippen LogP contribution in [0.3, 0.4) is 0 Å². The summed E-state index contributed by atoms with van der Waals surface area (Å²) in [6.07, 6.45) is 0.634. The third-order valence-corrected chi connectivity index (χ3v) is 24.2. The number of carbonyl (C=O) groups excluding carboxylic acids is 1. The van der Waals surface area contributed by atoms with Gasteiger partial charge in [-0.2, -0.15) is 0 Å². The van der Waals surface area contributed by atoms with Crippen LogP contribution in [0.25, 0.3) is 0 Å². The van der Waals surface area contributed by atoms with Crippen LogP contribution < -0.4 is 0 Å². The Balaban J connectivity index is 4.01. The first kappa shape index (κ1) is 15.6. The SMILES string of the molecule is CCC(=O)P(#P)P=PP=PP=PP. The maximum absolute atomic E-state index is 11.2. The minimum absolute atomic E-state index is 0.320. The van der Waals surface area contributed by atoms with Gasteiger partial charge in [0.05, 0.1) is 0 Å². The van der Waals surface area contributed by atoms with Crippen LogP contribution in [0.1, 0.15) is 13.3 Å². The van der Waals surface area contributed by atoms with Crippen LogP contribution in [0.4, 0.5) is 0 Å². The molecule has 0 aliphatic rings. The molecule has 10 heteroatoms. The number of rotatable bonds is 3. The summed E-state index contributed by atoms with van der Waals surface area (Å²) in [5.74, 6) is 0. The molecule has 2 unspecified atom stereocenters. The Morgan fingerprint density at radius 1 is 1.38 bits per heavy atom. The predicted molar refractivity (Wildman–Crippen MR) is 80.4 cm³/mol. The molecule has 0 rings (SSSR count). The van der Waals surface area contributed by atoms with Crippen molar-refractivity contribution in [2.24, 2.45) is 0 Å². The van der Waals surface area contributed by atoms with Gasteiger partial charge in [0, 0.05) is 0 Å². The van der Waals surface area contributed by atoms with E-state index in [0.29, 0.717) is 11.9 Å². The normalized spacial score (nSPS) is 13.2. The van der Waals surface area contributed by atoms with Gasteiger partial charge in [-0.1, -0.05) is 0 Å². The zero-order chi connectivity index (χ0) is 10.1. The van der Waals surface area contributed by atoms with E-state index in [1.165, 1.54) is 45.3 Å². The van der Waals surface area contributed by atoms with Gasteiger partial charge >= 0.3 is 93.0 Å². The Kier molecular flexibility index (Phi) is 13.4. The van der Waals surface area contributed by atoms with E-state index < -0.39 is 6.71 Å². The standard InChI is InChI=1S/C3H7OP9/c1-2-3(4)13(6)12-11-10-9-8-7-5/h2,5H2,1H3. The van der Waals surface area contributed by atoms with E-state index in [4.69, 9.17) is 0 Å². The van der Waals surface area contributed by atoms with Crippen molar-refractivity contribution in [2.75, 3.05) is 0 Å². The molecule has 0 amide bonds. The predicted octanol–water partition coefficient (Wildman–Crippen LogP) is 7.69. The van der Waals surface area contributed by atoms with E-state index in [-0.39, 0.29) is 0 Å². The monoisotopic (exact) mass is 338 g/mol. The first-order valence-corrected chi connectivity index (χ1v) is 16.9. The molecule has 0 aliphatic heterocycles. The van der Waals surface area contributed by atoms with Gasteiger partial charge in [0.25, 0.3) is 0 Å². The molecule has 0 fully saturated rings. The molecular weight excluding hydrogens is 331 g/mol. The molecule has 0 aromatic rings. The van der Waals surface area contributed by atoms with Crippen LogP contribution in [-0.4, -0.2) is 5.52 Å². The van der Waals surface area contributed by atoms with E-state index in [0.717, 1.165) is 0 Å². The fourth-order valence-corrected chi connectivity index (χ4v) is 27.2. The minimum atomic E-state index is -0.669. The zero-order valence-corrected chi connectivity index (χ0v) is 15.1. The average molecular weight is 338 g/mol. The molecule has 0 N–H and O–H groups in total. The molecule has 0 bridgehead atoms. The zero-order valence-electron chi connectivity index (χ0n) is 6.77. The fraction of sp³-hybridized carbons (Fsp3) is 0.667. The Labute approximate surface area is 92.9 Å². The van der Waals surface area contributed by atoms with E-state index in [1.807, 2.05) is 6.92 Å². The van der Waals surface area contributed by atoms with Gasteiger partial charge < -0.3 is 0 Å². The Morgan fingerprint density at radius 2 is 2.00 bits per heavy atom. The van der Waals surface area contributed by atoms with Crippen LogP contribution in [0, 0.1) is 0 Å². The van der Waals surface area contributed by atoms with E-state index in [1.54, 1.807) is 0 Å². The van der Waals surface area contributed by atoms with Crippen molar-refractivity contribution in [1.29, 1.82) is 0 Å². The van der Waals surface area contributed by atoms with Gasteiger partial charge in [-0.3, -0.25) is 0 Å². The van der Waals surface area contributed by atoms with Crippen LogP contribution in [0.2, 0.25) is 0 Å². The van der Waals surface area contributed by atoms with Crippen LogP contribution in [-0.2, 0) is 4.79 Å². The average Bonchev–Trinajstić information content (AvgIpc) is 2.16. The summed E-state index contributed by atoms with van der Waals surface area (Å²) in [6, 6.07) is 0. The van der Waals surface area contributed by atoms with E-state index >= 15 is 0 Å². The molecule has 0 aromatic heterocycles. The van der Waals surface area contributed by atoms with E-state index in [2.05, 4.69) is 17.3 Å². The molecule has 0 saturated carbocycles. The van der Waals surface area contributed by atoms with Crippen molar-refractivity contribution in [2.45, 2.75) is 13.3 Å². The van der Waals surface area contributed by atoms with Crippen molar-refractivity contribution in [3.05, 3.63) is 0 Å². The van der Waals surface area contributed by atoms with Gasteiger partial charge in [-0.05, 0) is 0 Å². The molecule has 70 valence electrons. The molecular formula is C3H7OP9. The van der Waals surface area contributed by atoms with Gasteiger partial charge in [0.1, 0.15) is 0 Å². The molecule has 2 atom stereocenters. The second kappa shape index (κ2) is 11.1. The number of hydrogen-bond acceptors (Lipinski definition) is 1. The summed E-state index contributed by atoms with van der Waals surface area (Å²) in [6.45, 7) is 1.24. The van der Waals surface area contributed by atoms with Crippen molar-refractivity contribution >= 4 is 74.8 Å². The Bertz CT molecular complexity index is 305. The number of carbonyl (C=O) groups is 1. The maximum atomic E-state index is 11.2. The summed E-state index contributed by atoms with van der Waals surface area (Å²) in [7, 11) is 15.1. The van der Waals surface area contributed by atoms with Crippen LogP contribution in [0.5, 0.6) is 0 Å². The summed E-state index contributed by atoms with van der Waals surface area (Å²) < 4.78 is 0. The van der Waals surface area contributed by atoms with Crippen molar-refractivity contribution in [1.82, 2.24) is 0 Å². The quantitative estimate of drug-likeness (QED) is 0.482. The molecule has 0 heterocycles. The molecule has 1 nitrogen and oxygen atoms in total. The molecule has 0 saturated heterocycles. The van der Waals surface area contributed by atoms with Crippen molar-refractivity contribution in [3.8, 4) is 0 Å². The Morgan fingerprint density at radius 3 is 2.54 bits per heavy atom. The Hall–Kier alpha value is 2.63. The van der Waals surface area contributed by atoms with Crippen LogP contribution in [0.15, 0.2) is 0 Å². The molecule has 0 aliphatic carbocycles. The van der Waals surface area contributed by atoms with Crippen molar-refractivity contribution in [3.63, 3.8) is 0 Å².